The van der Waals surface area contributed by atoms with Gasteiger partial charge in [0, 0.05) is 13.8 Å². The summed E-state index contributed by atoms with van der Waals surface area (Å²) in [4.78, 5) is 9.21. The molecule has 1 fully saturated rings. The van der Waals surface area contributed by atoms with E-state index in [4.69, 9.17) is 14.2 Å². The van der Waals surface area contributed by atoms with Gasteiger partial charge in [0.05, 0.1) is 12.7 Å². The average molecular weight is 264 g/mol. The van der Waals surface area contributed by atoms with Gasteiger partial charge in [-0.2, -0.15) is 0 Å². The zero-order valence-electron chi connectivity index (χ0n) is 10.7. The van der Waals surface area contributed by atoms with Gasteiger partial charge in [-0.15, -0.1) is 0 Å². The fourth-order valence-corrected chi connectivity index (χ4v) is 2.19. The molecule has 0 aromatic rings. The Morgan fingerprint density at radius 1 is 1.53 bits per heavy atom. The molecule has 1 N–H and O–H groups in total. The maximum Gasteiger partial charge on any atom is 0.219 e. The third-order valence-electron chi connectivity index (χ3n) is 2.43. The molecule has 0 radical (unpaired) electrons. The van der Waals surface area contributed by atoms with Crippen LogP contribution in [0.25, 0.3) is 0 Å². The van der Waals surface area contributed by atoms with Gasteiger partial charge in [-0.25, -0.2) is 0 Å². The van der Waals surface area contributed by atoms with Crippen molar-refractivity contribution >= 4 is 7.37 Å². The first kappa shape index (κ1) is 14.9. The maximum atomic E-state index is 11.2. The molecule has 0 spiro atoms. The second kappa shape index (κ2) is 6.12. The van der Waals surface area contributed by atoms with Crippen molar-refractivity contribution in [3.63, 3.8) is 0 Å². The summed E-state index contributed by atoms with van der Waals surface area (Å²) in [6, 6.07) is 0. The fraction of sp³-hybridized carbons (Fsp3) is 0.818. The standard InChI is InChI=1S/C11H21O5P/c1-8(2)16-11-9(5-6-17(4,12)13)15-7-10(11)14-3/h5-6,8-11H,7H2,1-4H3,(H,12,13)/b6-5+/t9-,10+,11-/m1/s1. The second-order valence-electron chi connectivity index (χ2n) is 4.51. The highest BCUT2D eigenvalue weighted by Crippen LogP contribution is 2.37. The monoisotopic (exact) mass is 264 g/mol. The molecule has 0 aliphatic carbocycles. The Labute approximate surface area is 102 Å². The van der Waals surface area contributed by atoms with E-state index in [1.165, 1.54) is 12.5 Å². The molecule has 0 saturated carbocycles. The van der Waals surface area contributed by atoms with Crippen LogP contribution in [0.2, 0.25) is 0 Å². The van der Waals surface area contributed by atoms with Gasteiger partial charge in [-0.1, -0.05) is 0 Å². The van der Waals surface area contributed by atoms with Crippen molar-refractivity contribution in [3.8, 4) is 0 Å². The maximum absolute atomic E-state index is 11.2. The number of rotatable bonds is 5. The lowest BCUT2D eigenvalue weighted by Gasteiger charge is -2.23. The number of ether oxygens (including phenoxy) is 3. The van der Waals surface area contributed by atoms with Crippen LogP contribution >= 0.6 is 7.37 Å². The Morgan fingerprint density at radius 2 is 2.18 bits per heavy atom. The van der Waals surface area contributed by atoms with E-state index >= 15 is 0 Å². The summed E-state index contributed by atoms with van der Waals surface area (Å²) >= 11 is 0. The smallest absolute Gasteiger partial charge is 0.219 e. The van der Waals surface area contributed by atoms with Crippen molar-refractivity contribution in [2.75, 3.05) is 20.4 Å². The van der Waals surface area contributed by atoms with Crippen LogP contribution in [0.1, 0.15) is 13.8 Å². The van der Waals surface area contributed by atoms with E-state index in [0.29, 0.717) is 6.61 Å². The summed E-state index contributed by atoms with van der Waals surface area (Å²) in [5.74, 6) is 1.28. The van der Waals surface area contributed by atoms with Gasteiger partial charge < -0.3 is 19.1 Å². The summed E-state index contributed by atoms with van der Waals surface area (Å²) < 4.78 is 27.7. The first-order valence-corrected chi connectivity index (χ1v) is 7.80. The van der Waals surface area contributed by atoms with Crippen LogP contribution in [-0.2, 0) is 18.8 Å². The van der Waals surface area contributed by atoms with Crippen molar-refractivity contribution < 1.29 is 23.7 Å². The highest BCUT2D eigenvalue weighted by Gasteiger charge is 2.37. The highest BCUT2D eigenvalue weighted by molar-refractivity contribution is 7.60. The lowest BCUT2D eigenvalue weighted by Crippen LogP contribution is -2.35. The molecule has 0 aromatic carbocycles. The summed E-state index contributed by atoms with van der Waals surface area (Å²) in [7, 11) is -1.56. The molecule has 1 rings (SSSR count). The Balaban J connectivity index is 2.70. The number of hydrogen-bond acceptors (Lipinski definition) is 4. The number of hydrogen-bond donors (Lipinski definition) is 1. The molecule has 1 aliphatic heterocycles. The molecule has 17 heavy (non-hydrogen) atoms. The molecule has 4 atom stereocenters. The van der Waals surface area contributed by atoms with Crippen LogP contribution in [0.3, 0.4) is 0 Å². The van der Waals surface area contributed by atoms with Gasteiger partial charge in [0.2, 0.25) is 7.37 Å². The van der Waals surface area contributed by atoms with Crippen molar-refractivity contribution in [3.05, 3.63) is 11.9 Å². The van der Waals surface area contributed by atoms with Crippen LogP contribution < -0.4 is 0 Å². The SMILES string of the molecule is CO[C@H]1CO[C@H](/C=C/P(C)(=O)O)[C@H]1OC(C)C. The van der Waals surface area contributed by atoms with E-state index in [0.717, 1.165) is 0 Å². The van der Waals surface area contributed by atoms with Crippen LogP contribution in [0, 0.1) is 0 Å². The minimum Gasteiger partial charge on any atom is -0.376 e. The summed E-state index contributed by atoms with van der Waals surface area (Å²) in [5, 5.41) is 0. The first-order valence-electron chi connectivity index (χ1n) is 5.62. The van der Waals surface area contributed by atoms with Gasteiger partial charge in [-0.05, 0) is 25.7 Å². The van der Waals surface area contributed by atoms with E-state index in [9.17, 15) is 9.46 Å². The first-order chi connectivity index (χ1) is 7.83. The molecule has 100 valence electrons. The van der Waals surface area contributed by atoms with Gasteiger partial charge in [0.15, 0.2) is 0 Å². The molecule has 0 aromatic heterocycles. The summed E-state index contributed by atoms with van der Waals surface area (Å²) in [5.41, 5.74) is 0. The molecule has 0 bridgehead atoms. The number of methoxy groups -OCH3 is 1. The normalized spacial score (nSPS) is 33.4. The third-order valence-corrected chi connectivity index (χ3v) is 3.15. The second-order valence-corrected chi connectivity index (χ2v) is 6.69. The zero-order chi connectivity index (χ0) is 13.1. The molecule has 5 nitrogen and oxygen atoms in total. The fourth-order valence-electron chi connectivity index (χ4n) is 1.70. The average Bonchev–Trinajstić information content (AvgIpc) is 2.55. The quantitative estimate of drug-likeness (QED) is 0.764. The van der Waals surface area contributed by atoms with Crippen molar-refractivity contribution in [1.29, 1.82) is 0 Å². The topological polar surface area (TPSA) is 65.0 Å². The minimum absolute atomic E-state index is 0.0535. The Kier molecular flexibility index (Phi) is 5.35. The van der Waals surface area contributed by atoms with Crippen LogP contribution in [0.5, 0.6) is 0 Å². The summed E-state index contributed by atoms with van der Waals surface area (Å²) in [6.07, 6.45) is 0.942. The van der Waals surface area contributed by atoms with Gasteiger partial charge in [0.1, 0.15) is 18.3 Å². The third kappa shape index (κ3) is 4.90. The molecule has 6 heteroatoms. The highest BCUT2D eigenvalue weighted by atomic mass is 31.2. The lowest BCUT2D eigenvalue weighted by molar-refractivity contribution is -0.0659. The molecular weight excluding hydrogens is 243 g/mol. The molecule has 1 saturated heterocycles. The Hall–Kier alpha value is -0.190. The van der Waals surface area contributed by atoms with Gasteiger partial charge >= 0.3 is 0 Å². The van der Waals surface area contributed by atoms with E-state index in [1.54, 1.807) is 13.2 Å². The largest absolute Gasteiger partial charge is 0.376 e. The molecular formula is C11H21O5P. The van der Waals surface area contributed by atoms with Crippen LogP contribution in [0.4, 0.5) is 0 Å². The van der Waals surface area contributed by atoms with E-state index in [2.05, 4.69) is 0 Å². The molecule has 1 unspecified atom stereocenters. The van der Waals surface area contributed by atoms with Gasteiger partial charge in [-0.3, -0.25) is 4.57 Å². The van der Waals surface area contributed by atoms with Crippen molar-refractivity contribution in [2.24, 2.45) is 0 Å². The van der Waals surface area contributed by atoms with E-state index in [1.807, 2.05) is 13.8 Å². The van der Waals surface area contributed by atoms with E-state index < -0.39 is 7.37 Å². The predicted octanol–water partition coefficient (Wildman–Crippen LogP) is 1.61. The lowest BCUT2D eigenvalue weighted by atomic mass is 10.1. The summed E-state index contributed by atoms with van der Waals surface area (Å²) in [6.45, 7) is 5.58. The molecule has 0 amide bonds. The Bertz CT molecular complexity index is 309. The van der Waals surface area contributed by atoms with Gasteiger partial charge in [0.25, 0.3) is 0 Å². The molecule has 1 heterocycles. The van der Waals surface area contributed by atoms with Crippen molar-refractivity contribution in [1.82, 2.24) is 0 Å². The van der Waals surface area contributed by atoms with E-state index in [-0.39, 0.29) is 24.4 Å². The van der Waals surface area contributed by atoms with Crippen molar-refractivity contribution in [2.45, 2.75) is 38.3 Å². The minimum atomic E-state index is -3.16. The van der Waals surface area contributed by atoms with Crippen LogP contribution in [-0.4, -0.2) is 49.7 Å². The molecule has 1 aliphatic rings. The zero-order valence-corrected chi connectivity index (χ0v) is 11.6. The Morgan fingerprint density at radius 3 is 2.65 bits per heavy atom. The van der Waals surface area contributed by atoms with Crippen LogP contribution in [0.15, 0.2) is 11.9 Å². The predicted molar refractivity (Wildman–Crippen MR) is 65.4 cm³/mol.